The average molecular weight is 528 g/mol. The molecule has 0 saturated carbocycles. The standard InChI is InChI=1S/3C6H10O4.Mo/c3*7-5(8)3-1-2-4-6(9)10;/h3*1-4H2,(H,7,8)(H,9,10);/q;;;+6/p-6. The number of carboxylic acid groups (broad SMARTS) is 6. The van der Waals surface area contributed by atoms with Crippen LogP contribution < -0.4 is 30.6 Å². The van der Waals surface area contributed by atoms with Crippen LogP contribution in [-0.4, -0.2) is 35.8 Å². The molecule has 0 aliphatic heterocycles. The molecule has 0 bridgehead atoms. The van der Waals surface area contributed by atoms with Gasteiger partial charge in [0.2, 0.25) is 0 Å². The third-order valence-electron chi connectivity index (χ3n) is 3.04. The molecule has 0 heterocycles. The van der Waals surface area contributed by atoms with Crippen LogP contribution in [0.5, 0.6) is 0 Å². The Morgan fingerprint density at radius 2 is 0.419 bits per heavy atom. The predicted molar refractivity (Wildman–Crippen MR) is 85.4 cm³/mol. The van der Waals surface area contributed by atoms with Gasteiger partial charge in [-0.05, 0) is 77.0 Å². The predicted octanol–water partition coefficient (Wildman–Crippen LogP) is -5.86. The molecule has 0 fully saturated rings. The van der Waals surface area contributed by atoms with Gasteiger partial charge < -0.3 is 59.4 Å². The van der Waals surface area contributed by atoms with Gasteiger partial charge in [-0.1, -0.05) is 0 Å². The molecule has 0 spiro atoms. The zero-order chi connectivity index (χ0) is 23.9. The van der Waals surface area contributed by atoms with Crippen molar-refractivity contribution in [1.82, 2.24) is 0 Å². The van der Waals surface area contributed by atoms with E-state index in [9.17, 15) is 59.4 Å². The van der Waals surface area contributed by atoms with Crippen LogP contribution in [0, 0.1) is 0 Å². The second-order valence-electron chi connectivity index (χ2n) is 5.85. The molecule has 0 amide bonds. The monoisotopic (exact) mass is 530 g/mol. The van der Waals surface area contributed by atoms with Gasteiger partial charge in [-0.25, -0.2) is 0 Å². The molecule has 0 aromatic rings. The minimum Gasteiger partial charge on any atom is -0.550 e. The van der Waals surface area contributed by atoms with Gasteiger partial charge in [0, 0.05) is 35.8 Å². The molecule has 0 N–H and O–H groups in total. The van der Waals surface area contributed by atoms with E-state index in [1.807, 2.05) is 0 Å². The van der Waals surface area contributed by atoms with E-state index in [1.54, 1.807) is 0 Å². The molecule has 0 aliphatic rings. The van der Waals surface area contributed by atoms with Crippen molar-refractivity contribution in [2.45, 2.75) is 77.0 Å². The Balaban J connectivity index is -0.000000174. The molecule has 31 heavy (non-hydrogen) atoms. The van der Waals surface area contributed by atoms with Gasteiger partial charge in [0.05, 0.1) is 0 Å². The average Bonchev–Trinajstić information content (AvgIpc) is 2.60. The number of hydrogen-bond acceptors (Lipinski definition) is 12. The molecule has 12 nitrogen and oxygen atoms in total. The van der Waals surface area contributed by atoms with Gasteiger partial charge in [0.15, 0.2) is 0 Å². The summed E-state index contributed by atoms with van der Waals surface area (Å²) >= 11 is 0. The van der Waals surface area contributed by atoms with E-state index < -0.39 is 35.8 Å². The Kier molecular flexibility index (Phi) is 29.6. The summed E-state index contributed by atoms with van der Waals surface area (Å²) in [6.45, 7) is 0. The van der Waals surface area contributed by atoms with Crippen LogP contribution in [-0.2, 0) is 49.8 Å². The summed E-state index contributed by atoms with van der Waals surface area (Å²) in [5.74, 6) is -6.84. The third kappa shape index (κ3) is 52.3. The maximum atomic E-state index is 9.77. The molecule has 0 aromatic heterocycles. The molecule has 0 aliphatic carbocycles. The fraction of sp³-hybridized carbons (Fsp3) is 0.667. The normalized spacial score (nSPS) is 8.90. The smallest absolute Gasteiger partial charge is 0.550 e. The Labute approximate surface area is 193 Å². The maximum Gasteiger partial charge on any atom is 6.00 e. The van der Waals surface area contributed by atoms with Gasteiger partial charge in [-0.15, -0.1) is 0 Å². The molecular formula is C18H24MoO12. The Hall–Kier alpha value is -2.49. The van der Waals surface area contributed by atoms with Crippen LogP contribution in [0.2, 0.25) is 0 Å². The molecule has 0 aromatic carbocycles. The minimum atomic E-state index is -1.14. The van der Waals surface area contributed by atoms with E-state index in [0.717, 1.165) is 0 Å². The zero-order valence-electron chi connectivity index (χ0n) is 16.8. The number of unbranched alkanes of at least 4 members (excludes halogenated alkanes) is 3. The maximum absolute atomic E-state index is 9.77. The number of aliphatic carboxylic acids is 6. The van der Waals surface area contributed by atoms with Gasteiger partial charge >= 0.3 is 21.1 Å². The number of carboxylic acids is 6. The number of carbonyl (C=O) groups excluding carboxylic acids is 6. The van der Waals surface area contributed by atoms with Crippen molar-refractivity contribution in [3.8, 4) is 0 Å². The second-order valence-corrected chi connectivity index (χ2v) is 5.85. The first-order valence-electron chi connectivity index (χ1n) is 9.07. The fourth-order valence-electron chi connectivity index (χ4n) is 1.62. The Bertz CT molecular complexity index is 424. The van der Waals surface area contributed by atoms with Crippen molar-refractivity contribution >= 4 is 35.8 Å². The van der Waals surface area contributed by atoms with Crippen molar-refractivity contribution in [3.63, 3.8) is 0 Å². The van der Waals surface area contributed by atoms with Gasteiger partial charge in [-0.2, -0.15) is 0 Å². The van der Waals surface area contributed by atoms with Crippen molar-refractivity contribution in [3.05, 3.63) is 0 Å². The van der Waals surface area contributed by atoms with Crippen LogP contribution in [0.4, 0.5) is 0 Å². The zero-order valence-corrected chi connectivity index (χ0v) is 18.8. The van der Waals surface area contributed by atoms with Crippen molar-refractivity contribution in [2.24, 2.45) is 0 Å². The molecule has 13 heteroatoms. The van der Waals surface area contributed by atoms with Crippen LogP contribution >= 0.6 is 0 Å². The molecular weight excluding hydrogens is 504 g/mol. The summed E-state index contributed by atoms with van der Waals surface area (Å²) in [6.07, 6.45) is 1.60. The van der Waals surface area contributed by atoms with E-state index in [0.29, 0.717) is 38.5 Å². The van der Waals surface area contributed by atoms with E-state index >= 15 is 0 Å². The van der Waals surface area contributed by atoms with Crippen molar-refractivity contribution in [2.75, 3.05) is 0 Å². The minimum absolute atomic E-state index is 0. The summed E-state index contributed by atoms with van der Waals surface area (Å²) < 4.78 is 0. The van der Waals surface area contributed by atoms with Crippen LogP contribution in [0.15, 0.2) is 0 Å². The van der Waals surface area contributed by atoms with E-state index in [2.05, 4.69) is 0 Å². The summed E-state index contributed by atoms with van der Waals surface area (Å²) in [5, 5.41) is 58.6. The number of hydrogen-bond donors (Lipinski definition) is 0. The van der Waals surface area contributed by atoms with Crippen LogP contribution in [0.25, 0.3) is 0 Å². The molecule has 0 atom stereocenters. The largest absolute Gasteiger partial charge is 6.00 e. The van der Waals surface area contributed by atoms with Crippen molar-refractivity contribution < 1.29 is 80.5 Å². The van der Waals surface area contributed by atoms with Gasteiger partial charge in [-0.3, -0.25) is 0 Å². The first kappa shape index (κ1) is 35.9. The molecule has 0 radical (unpaired) electrons. The summed E-state index contributed by atoms with van der Waals surface area (Å²) in [7, 11) is 0. The molecule has 0 saturated heterocycles. The number of carbonyl (C=O) groups is 6. The fourth-order valence-corrected chi connectivity index (χ4v) is 1.62. The van der Waals surface area contributed by atoms with Crippen molar-refractivity contribution in [1.29, 1.82) is 0 Å². The molecule has 0 unspecified atom stereocenters. The Morgan fingerprint density at radius 3 is 0.484 bits per heavy atom. The summed E-state index contributed by atoms with van der Waals surface area (Å²) in [5.41, 5.74) is 0. The van der Waals surface area contributed by atoms with Crippen LogP contribution in [0.1, 0.15) is 77.0 Å². The van der Waals surface area contributed by atoms with Gasteiger partial charge in [0.25, 0.3) is 0 Å². The first-order valence-corrected chi connectivity index (χ1v) is 9.07. The first-order chi connectivity index (χ1) is 13.9. The van der Waals surface area contributed by atoms with E-state index in [1.165, 1.54) is 0 Å². The van der Waals surface area contributed by atoms with E-state index in [4.69, 9.17) is 0 Å². The second kappa shape index (κ2) is 25.5. The quantitative estimate of drug-likeness (QED) is 0.143. The molecule has 174 valence electrons. The molecule has 0 rings (SSSR count). The third-order valence-corrected chi connectivity index (χ3v) is 3.04. The SMILES string of the molecule is O=C([O-])CCCCC(=O)[O-].O=C([O-])CCCCC(=O)[O-].O=C([O-])CCCCC(=O)[O-].[Mo+6]. The van der Waals surface area contributed by atoms with E-state index in [-0.39, 0.29) is 59.6 Å². The Morgan fingerprint density at radius 1 is 0.323 bits per heavy atom. The topological polar surface area (TPSA) is 241 Å². The number of rotatable bonds is 15. The summed E-state index contributed by atoms with van der Waals surface area (Å²) in [4.78, 5) is 58.6. The van der Waals surface area contributed by atoms with Crippen LogP contribution in [0.3, 0.4) is 0 Å². The van der Waals surface area contributed by atoms with Gasteiger partial charge in [0.1, 0.15) is 0 Å². The summed E-state index contributed by atoms with van der Waals surface area (Å²) in [6, 6.07) is 0.